The Bertz CT molecular complexity index is 177. The molecule has 0 amide bonds. The van der Waals surface area contributed by atoms with Crippen molar-refractivity contribution in [2.45, 2.75) is 24.6 Å². The molecule has 0 saturated carbocycles. The maximum atomic E-state index is 8.75. The molecule has 3 nitrogen and oxygen atoms in total. The number of nitrogens with one attached hydrogen (secondary N) is 1. The van der Waals surface area contributed by atoms with E-state index in [4.69, 9.17) is 10.00 Å². The highest BCUT2D eigenvalue weighted by molar-refractivity contribution is 8.00. The van der Waals surface area contributed by atoms with Gasteiger partial charge in [0.1, 0.15) is 0 Å². The van der Waals surface area contributed by atoms with Crippen LogP contribution in [0.5, 0.6) is 0 Å². The molecule has 0 aromatic rings. The van der Waals surface area contributed by atoms with Gasteiger partial charge < -0.3 is 10.1 Å². The Kier molecular flexibility index (Phi) is 5.21. The summed E-state index contributed by atoms with van der Waals surface area (Å²) in [5, 5.41) is 12.6. The average molecular weight is 200 g/mol. The lowest BCUT2D eigenvalue weighted by Gasteiger charge is -2.25. The first kappa shape index (κ1) is 10.8. The summed E-state index contributed by atoms with van der Waals surface area (Å²) in [7, 11) is 0. The fourth-order valence-corrected chi connectivity index (χ4v) is 2.21. The van der Waals surface area contributed by atoms with Gasteiger partial charge >= 0.3 is 0 Å². The van der Waals surface area contributed by atoms with E-state index >= 15 is 0 Å². The molecular weight excluding hydrogens is 184 g/mol. The van der Waals surface area contributed by atoms with Gasteiger partial charge in [-0.15, -0.1) is 0 Å². The molecule has 1 heterocycles. The summed E-state index contributed by atoms with van der Waals surface area (Å²) in [5.74, 6) is 1.05. The number of nitrogens with zero attached hydrogens (tertiary/aromatic N) is 1. The average Bonchev–Trinajstić information content (AvgIpc) is 2.07. The van der Waals surface area contributed by atoms with Crippen LogP contribution in [0.1, 0.15) is 13.3 Å². The van der Waals surface area contributed by atoms with Gasteiger partial charge in [-0.05, 0) is 18.7 Å². The molecule has 0 radical (unpaired) electrons. The molecule has 1 N–H and O–H groups in total. The van der Waals surface area contributed by atoms with Crippen LogP contribution in [-0.2, 0) is 4.74 Å². The second kappa shape index (κ2) is 6.25. The minimum Gasteiger partial charge on any atom is -0.379 e. The fraction of sp³-hybridized carbons (Fsp3) is 0.889. The molecule has 0 aromatic carbocycles. The second-order valence-corrected chi connectivity index (χ2v) is 4.47. The Hall–Kier alpha value is -0.240. The van der Waals surface area contributed by atoms with E-state index in [1.807, 2.05) is 18.7 Å². The van der Waals surface area contributed by atoms with E-state index in [9.17, 15) is 0 Å². The maximum absolute atomic E-state index is 8.75. The lowest BCUT2D eigenvalue weighted by atomic mass is 10.2. The highest BCUT2D eigenvalue weighted by Gasteiger charge is 2.18. The molecule has 0 bridgehead atoms. The van der Waals surface area contributed by atoms with Crippen molar-refractivity contribution in [2.24, 2.45) is 0 Å². The van der Waals surface area contributed by atoms with E-state index in [0.717, 1.165) is 31.9 Å². The molecule has 1 aliphatic rings. The minimum absolute atomic E-state index is 0.0264. The summed E-state index contributed by atoms with van der Waals surface area (Å²) in [4.78, 5) is 0. The molecule has 0 aromatic heterocycles. The van der Waals surface area contributed by atoms with Gasteiger partial charge in [0.2, 0.25) is 0 Å². The SMILES string of the molecule is CCNC(C#N)CCSC1COC1. The standard InChI is InChI=1S/C9H16N2OS/c1-2-11-8(5-10)3-4-13-9-6-12-7-9/h8-9,11H,2-4,6-7H2,1H3. The predicted octanol–water partition coefficient (Wildman–Crippen LogP) is 1.01. The zero-order chi connectivity index (χ0) is 9.52. The van der Waals surface area contributed by atoms with Crippen molar-refractivity contribution < 1.29 is 4.74 Å². The Morgan fingerprint density at radius 1 is 1.69 bits per heavy atom. The van der Waals surface area contributed by atoms with Crippen molar-refractivity contribution in [2.75, 3.05) is 25.5 Å². The largest absolute Gasteiger partial charge is 0.379 e. The molecule has 4 heteroatoms. The lowest BCUT2D eigenvalue weighted by Crippen LogP contribution is -2.32. The Morgan fingerprint density at radius 3 is 2.92 bits per heavy atom. The van der Waals surface area contributed by atoms with Crippen LogP contribution in [0.3, 0.4) is 0 Å². The maximum Gasteiger partial charge on any atom is 0.0960 e. The summed E-state index contributed by atoms with van der Waals surface area (Å²) >= 11 is 1.92. The topological polar surface area (TPSA) is 45.0 Å². The molecule has 13 heavy (non-hydrogen) atoms. The van der Waals surface area contributed by atoms with Gasteiger partial charge in [0, 0.05) is 0 Å². The zero-order valence-electron chi connectivity index (χ0n) is 7.95. The van der Waals surface area contributed by atoms with Crippen molar-refractivity contribution in [3.63, 3.8) is 0 Å². The van der Waals surface area contributed by atoms with Crippen molar-refractivity contribution in [1.29, 1.82) is 5.26 Å². The Balaban J connectivity index is 1.99. The van der Waals surface area contributed by atoms with E-state index < -0.39 is 0 Å². The third-order valence-electron chi connectivity index (χ3n) is 1.97. The van der Waals surface area contributed by atoms with Crippen LogP contribution in [0.4, 0.5) is 0 Å². The van der Waals surface area contributed by atoms with Crippen LogP contribution >= 0.6 is 11.8 Å². The number of hydrogen-bond acceptors (Lipinski definition) is 4. The van der Waals surface area contributed by atoms with Crippen LogP contribution in [0, 0.1) is 11.3 Å². The van der Waals surface area contributed by atoms with E-state index in [1.165, 1.54) is 0 Å². The monoisotopic (exact) mass is 200 g/mol. The third-order valence-corrected chi connectivity index (χ3v) is 3.19. The molecule has 0 aliphatic carbocycles. The fourth-order valence-electron chi connectivity index (χ4n) is 1.12. The molecule has 1 fully saturated rings. The molecule has 1 saturated heterocycles. The molecule has 1 unspecified atom stereocenters. The van der Waals surface area contributed by atoms with E-state index in [2.05, 4.69) is 11.4 Å². The molecule has 0 spiro atoms. The van der Waals surface area contributed by atoms with Gasteiger partial charge in [0.25, 0.3) is 0 Å². The summed E-state index contributed by atoms with van der Waals surface area (Å²) in [6, 6.07) is 2.28. The van der Waals surface area contributed by atoms with E-state index in [-0.39, 0.29) is 6.04 Å². The number of thioether (sulfide) groups is 1. The summed E-state index contributed by atoms with van der Waals surface area (Å²) in [6.07, 6.45) is 0.936. The first-order valence-corrected chi connectivity index (χ1v) is 5.74. The van der Waals surface area contributed by atoms with Gasteiger partial charge in [-0.25, -0.2) is 0 Å². The van der Waals surface area contributed by atoms with Crippen LogP contribution in [0.25, 0.3) is 0 Å². The second-order valence-electron chi connectivity index (χ2n) is 3.06. The minimum atomic E-state index is 0.0264. The van der Waals surface area contributed by atoms with Gasteiger partial charge in [-0.2, -0.15) is 17.0 Å². The molecule has 1 rings (SSSR count). The summed E-state index contributed by atoms with van der Waals surface area (Å²) in [6.45, 7) is 4.68. The van der Waals surface area contributed by atoms with Crippen LogP contribution in [0.2, 0.25) is 0 Å². The first-order chi connectivity index (χ1) is 6.36. The number of hydrogen-bond donors (Lipinski definition) is 1. The van der Waals surface area contributed by atoms with Gasteiger partial charge in [0.05, 0.1) is 30.6 Å². The van der Waals surface area contributed by atoms with Gasteiger partial charge in [-0.3, -0.25) is 0 Å². The number of ether oxygens (including phenoxy) is 1. The summed E-state index contributed by atoms with van der Waals surface area (Å²) in [5.41, 5.74) is 0. The van der Waals surface area contributed by atoms with Crippen molar-refractivity contribution in [3.8, 4) is 6.07 Å². The first-order valence-electron chi connectivity index (χ1n) is 4.69. The molecule has 1 aliphatic heterocycles. The predicted molar refractivity (Wildman–Crippen MR) is 54.8 cm³/mol. The highest BCUT2D eigenvalue weighted by Crippen LogP contribution is 2.19. The summed E-state index contributed by atoms with van der Waals surface area (Å²) < 4.78 is 5.06. The molecule has 1 atom stereocenters. The van der Waals surface area contributed by atoms with Gasteiger partial charge in [-0.1, -0.05) is 6.92 Å². The van der Waals surface area contributed by atoms with Crippen molar-refractivity contribution in [3.05, 3.63) is 0 Å². The highest BCUT2D eigenvalue weighted by atomic mass is 32.2. The van der Waals surface area contributed by atoms with Crippen LogP contribution in [0.15, 0.2) is 0 Å². The van der Waals surface area contributed by atoms with Crippen LogP contribution < -0.4 is 5.32 Å². The third kappa shape index (κ3) is 3.99. The van der Waals surface area contributed by atoms with Crippen molar-refractivity contribution >= 4 is 11.8 Å². The van der Waals surface area contributed by atoms with E-state index in [0.29, 0.717) is 5.25 Å². The number of rotatable bonds is 6. The molecule has 74 valence electrons. The van der Waals surface area contributed by atoms with Crippen molar-refractivity contribution in [1.82, 2.24) is 5.32 Å². The lowest BCUT2D eigenvalue weighted by molar-refractivity contribution is 0.0455. The normalized spacial score (nSPS) is 19.1. The Morgan fingerprint density at radius 2 is 2.46 bits per heavy atom. The number of nitriles is 1. The van der Waals surface area contributed by atoms with Gasteiger partial charge in [0.15, 0.2) is 0 Å². The smallest absolute Gasteiger partial charge is 0.0960 e. The van der Waals surface area contributed by atoms with Crippen LogP contribution in [-0.4, -0.2) is 36.8 Å². The van der Waals surface area contributed by atoms with E-state index in [1.54, 1.807) is 0 Å². The zero-order valence-corrected chi connectivity index (χ0v) is 8.77. The Labute approximate surface area is 83.8 Å². The quantitative estimate of drug-likeness (QED) is 0.695. The molecular formula is C9H16N2OS.